The quantitative estimate of drug-likeness (QED) is 0.808. The number of methoxy groups -OCH3 is 1. The first-order chi connectivity index (χ1) is 10.1. The molecule has 1 aliphatic carbocycles. The van der Waals surface area contributed by atoms with Crippen LogP contribution >= 0.6 is 15.9 Å². The van der Waals surface area contributed by atoms with E-state index in [9.17, 15) is 4.79 Å². The van der Waals surface area contributed by atoms with Crippen LogP contribution in [0.2, 0.25) is 0 Å². The molecule has 0 heterocycles. The van der Waals surface area contributed by atoms with Crippen molar-refractivity contribution < 1.29 is 9.53 Å². The van der Waals surface area contributed by atoms with E-state index in [1.54, 1.807) is 0 Å². The van der Waals surface area contributed by atoms with Crippen molar-refractivity contribution in [3.8, 4) is 0 Å². The van der Waals surface area contributed by atoms with Gasteiger partial charge in [-0.2, -0.15) is 0 Å². The lowest BCUT2D eigenvalue weighted by atomic mass is 9.84. The standard InChI is InChI=1S/C17H24BrNO2/c1-3-17(16(20)21-2,13-9-11-14(18)12-10-13)19-15-7-5-4-6-8-15/h9-12,15,19H,3-8H2,1-2H3. The molecule has 1 aromatic carbocycles. The van der Waals surface area contributed by atoms with Gasteiger partial charge in [-0.05, 0) is 37.0 Å². The molecule has 1 N–H and O–H groups in total. The smallest absolute Gasteiger partial charge is 0.330 e. The van der Waals surface area contributed by atoms with Crippen LogP contribution < -0.4 is 5.32 Å². The summed E-state index contributed by atoms with van der Waals surface area (Å²) >= 11 is 3.45. The number of esters is 1. The van der Waals surface area contributed by atoms with Crippen molar-refractivity contribution in [2.45, 2.75) is 57.0 Å². The highest BCUT2D eigenvalue weighted by molar-refractivity contribution is 9.10. The average Bonchev–Trinajstić information content (AvgIpc) is 2.54. The Morgan fingerprint density at radius 3 is 2.43 bits per heavy atom. The second kappa shape index (κ2) is 7.41. The van der Waals surface area contributed by atoms with E-state index in [0.29, 0.717) is 12.5 Å². The zero-order chi connectivity index (χ0) is 15.3. The predicted octanol–water partition coefficient (Wildman–Crippen LogP) is 4.15. The molecule has 0 amide bonds. The maximum absolute atomic E-state index is 12.5. The molecule has 4 heteroatoms. The van der Waals surface area contributed by atoms with Crippen molar-refractivity contribution in [3.05, 3.63) is 34.3 Å². The molecular formula is C17H24BrNO2. The minimum absolute atomic E-state index is 0.196. The molecule has 1 unspecified atom stereocenters. The summed E-state index contributed by atoms with van der Waals surface area (Å²) in [6, 6.07) is 8.35. The molecule has 3 nitrogen and oxygen atoms in total. The minimum Gasteiger partial charge on any atom is -0.467 e. The molecule has 116 valence electrons. The highest BCUT2D eigenvalue weighted by Crippen LogP contribution is 2.31. The third-order valence-corrected chi connectivity index (χ3v) is 4.99. The number of benzene rings is 1. The molecule has 1 saturated carbocycles. The average molecular weight is 354 g/mol. The van der Waals surface area contributed by atoms with Crippen molar-refractivity contribution in [2.75, 3.05) is 7.11 Å². The first kappa shape index (κ1) is 16.5. The van der Waals surface area contributed by atoms with Gasteiger partial charge in [-0.25, -0.2) is 4.79 Å². The van der Waals surface area contributed by atoms with Crippen molar-refractivity contribution in [3.63, 3.8) is 0 Å². The largest absolute Gasteiger partial charge is 0.467 e. The van der Waals surface area contributed by atoms with Crippen molar-refractivity contribution >= 4 is 21.9 Å². The third kappa shape index (κ3) is 3.67. The SMILES string of the molecule is CCC(NC1CCCCC1)(C(=O)OC)c1ccc(Br)cc1. The molecule has 0 saturated heterocycles. The maximum atomic E-state index is 12.5. The fourth-order valence-electron chi connectivity index (χ4n) is 3.21. The number of rotatable bonds is 5. The first-order valence-electron chi connectivity index (χ1n) is 7.74. The van der Waals surface area contributed by atoms with Gasteiger partial charge in [0, 0.05) is 10.5 Å². The molecule has 0 bridgehead atoms. The van der Waals surface area contributed by atoms with Gasteiger partial charge in [-0.3, -0.25) is 5.32 Å². The molecule has 0 spiro atoms. The summed E-state index contributed by atoms with van der Waals surface area (Å²) in [7, 11) is 1.47. The van der Waals surface area contributed by atoms with Crippen LogP contribution in [-0.4, -0.2) is 19.1 Å². The summed E-state index contributed by atoms with van der Waals surface area (Å²) < 4.78 is 6.13. The van der Waals surface area contributed by atoms with Gasteiger partial charge in [0.05, 0.1) is 7.11 Å². The molecule has 0 aromatic heterocycles. The topological polar surface area (TPSA) is 38.3 Å². The minimum atomic E-state index is -0.739. The molecule has 0 aliphatic heterocycles. The number of nitrogens with one attached hydrogen (secondary N) is 1. The van der Waals surface area contributed by atoms with Crippen LogP contribution in [0.5, 0.6) is 0 Å². The third-order valence-electron chi connectivity index (χ3n) is 4.46. The summed E-state index contributed by atoms with van der Waals surface area (Å²) in [6.45, 7) is 2.04. The van der Waals surface area contributed by atoms with E-state index in [4.69, 9.17) is 4.74 Å². The summed E-state index contributed by atoms with van der Waals surface area (Å²) in [5.41, 5.74) is 0.239. The van der Waals surface area contributed by atoms with Gasteiger partial charge >= 0.3 is 5.97 Å². The lowest BCUT2D eigenvalue weighted by Gasteiger charge is -2.37. The van der Waals surface area contributed by atoms with Crippen LogP contribution in [0, 0.1) is 0 Å². The second-order valence-corrected chi connectivity index (χ2v) is 6.65. The van der Waals surface area contributed by atoms with Crippen LogP contribution in [0.1, 0.15) is 51.0 Å². The summed E-state index contributed by atoms with van der Waals surface area (Å²) in [6.07, 6.45) is 6.72. The van der Waals surface area contributed by atoms with E-state index >= 15 is 0 Å². The fraction of sp³-hybridized carbons (Fsp3) is 0.588. The lowest BCUT2D eigenvalue weighted by Crippen LogP contribution is -2.54. The molecular weight excluding hydrogens is 330 g/mol. The number of ether oxygens (including phenoxy) is 1. The number of halogens is 1. The molecule has 21 heavy (non-hydrogen) atoms. The molecule has 1 aliphatic rings. The molecule has 1 atom stereocenters. The predicted molar refractivity (Wildman–Crippen MR) is 88.1 cm³/mol. The van der Waals surface area contributed by atoms with Gasteiger partial charge < -0.3 is 4.74 Å². The number of carbonyl (C=O) groups is 1. The second-order valence-electron chi connectivity index (χ2n) is 5.74. The lowest BCUT2D eigenvalue weighted by molar-refractivity contribution is -0.150. The Morgan fingerprint density at radius 2 is 1.90 bits per heavy atom. The molecule has 1 aromatic rings. The van der Waals surface area contributed by atoms with Crippen molar-refractivity contribution in [1.82, 2.24) is 5.32 Å². The zero-order valence-corrected chi connectivity index (χ0v) is 14.4. The molecule has 0 radical (unpaired) electrons. The fourth-order valence-corrected chi connectivity index (χ4v) is 3.48. The van der Waals surface area contributed by atoms with Gasteiger partial charge in [-0.1, -0.05) is 54.2 Å². The van der Waals surface area contributed by atoms with Crippen molar-refractivity contribution in [2.24, 2.45) is 0 Å². The number of hydrogen-bond donors (Lipinski definition) is 1. The van der Waals surface area contributed by atoms with Crippen LogP contribution in [0.25, 0.3) is 0 Å². The highest BCUT2D eigenvalue weighted by atomic mass is 79.9. The number of hydrogen-bond acceptors (Lipinski definition) is 3. The Hall–Kier alpha value is -0.870. The summed E-state index contributed by atoms with van der Waals surface area (Å²) in [4.78, 5) is 12.5. The van der Waals surface area contributed by atoms with Crippen molar-refractivity contribution in [1.29, 1.82) is 0 Å². The van der Waals surface area contributed by atoms with Gasteiger partial charge in [0.2, 0.25) is 0 Å². The highest BCUT2D eigenvalue weighted by Gasteiger charge is 2.41. The van der Waals surface area contributed by atoms with Crippen LogP contribution in [0.4, 0.5) is 0 Å². The van der Waals surface area contributed by atoms with Crippen LogP contribution in [0.15, 0.2) is 28.7 Å². The zero-order valence-electron chi connectivity index (χ0n) is 12.8. The first-order valence-corrected chi connectivity index (χ1v) is 8.54. The van der Waals surface area contributed by atoms with E-state index in [2.05, 4.69) is 21.2 Å². The van der Waals surface area contributed by atoms with Gasteiger partial charge in [0.15, 0.2) is 0 Å². The Morgan fingerprint density at radius 1 is 1.29 bits per heavy atom. The van der Waals surface area contributed by atoms with E-state index in [1.165, 1.54) is 26.4 Å². The molecule has 1 fully saturated rings. The Labute approximate surface area is 135 Å². The summed E-state index contributed by atoms with van der Waals surface area (Å²) in [5.74, 6) is -0.196. The maximum Gasteiger partial charge on any atom is 0.330 e. The Bertz CT molecular complexity index is 468. The van der Waals surface area contributed by atoms with Gasteiger partial charge in [-0.15, -0.1) is 0 Å². The van der Waals surface area contributed by atoms with E-state index < -0.39 is 5.54 Å². The van der Waals surface area contributed by atoms with E-state index in [-0.39, 0.29) is 5.97 Å². The van der Waals surface area contributed by atoms with Crippen LogP contribution in [0.3, 0.4) is 0 Å². The summed E-state index contributed by atoms with van der Waals surface area (Å²) in [5, 5.41) is 3.62. The monoisotopic (exact) mass is 353 g/mol. The molecule has 2 rings (SSSR count). The Kier molecular flexibility index (Phi) is 5.82. The van der Waals surface area contributed by atoms with Gasteiger partial charge in [0.25, 0.3) is 0 Å². The van der Waals surface area contributed by atoms with Crippen LogP contribution in [-0.2, 0) is 15.1 Å². The normalized spacial score (nSPS) is 19.0. The van der Waals surface area contributed by atoms with E-state index in [1.807, 2.05) is 31.2 Å². The van der Waals surface area contributed by atoms with E-state index in [0.717, 1.165) is 22.9 Å². The van der Waals surface area contributed by atoms with Gasteiger partial charge in [0.1, 0.15) is 5.54 Å². The Balaban J connectivity index is 2.32. The number of carbonyl (C=O) groups excluding carboxylic acids is 1.